The third-order valence-electron chi connectivity index (χ3n) is 2.85. The Hall–Kier alpha value is -2.03. The van der Waals surface area contributed by atoms with Crippen LogP contribution in [0.4, 0.5) is 0 Å². The molecule has 0 saturated carbocycles. The summed E-state index contributed by atoms with van der Waals surface area (Å²) in [5.41, 5.74) is 4.40. The molecule has 3 aromatic rings. The van der Waals surface area contributed by atoms with Crippen molar-refractivity contribution in [2.24, 2.45) is 7.05 Å². The molecule has 0 saturated heterocycles. The van der Waals surface area contributed by atoms with E-state index in [0.29, 0.717) is 0 Å². The summed E-state index contributed by atoms with van der Waals surface area (Å²) in [7, 11) is 1.95. The Morgan fingerprint density at radius 1 is 1.25 bits per heavy atom. The number of nitrogens with zero attached hydrogens (tertiary/aromatic N) is 2. The SMILES string of the molecule is Cc1cc(-c2ccnn2C)cc2ccoc12. The minimum absolute atomic E-state index is 0.964. The van der Waals surface area contributed by atoms with Gasteiger partial charge in [-0.05, 0) is 36.8 Å². The van der Waals surface area contributed by atoms with Crippen LogP contribution in [0.3, 0.4) is 0 Å². The Morgan fingerprint density at radius 3 is 2.88 bits per heavy atom. The zero-order valence-electron chi connectivity index (χ0n) is 9.27. The molecule has 0 atom stereocenters. The van der Waals surface area contributed by atoms with Gasteiger partial charge < -0.3 is 4.42 Å². The van der Waals surface area contributed by atoms with E-state index in [-0.39, 0.29) is 0 Å². The Bertz CT molecular complexity index is 649. The highest BCUT2D eigenvalue weighted by Crippen LogP contribution is 2.27. The average Bonchev–Trinajstić information content (AvgIpc) is 2.85. The van der Waals surface area contributed by atoms with E-state index in [2.05, 4.69) is 24.2 Å². The summed E-state index contributed by atoms with van der Waals surface area (Å²) in [5.74, 6) is 0. The van der Waals surface area contributed by atoms with E-state index < -0.39 is 0 Å². The first-order valence-corrected chi connectivity index (χ1v) is 5.22. The number of benzene rings is 1. The fourth-order valence-corrected chi connectivity index (χ4v) is 2.07. The Morgan fingerprint density at radius 2 is 2.12 bits per heavy atom. The Labute approximate surface area is 93.3 Å². The summed E-state index contributed by atoms with van der Waals surface area (Å²) in [6.07, 6.45) is 3.54. The largest absolute Gasteiger partial charge is 0.464 e. The number of hydrogen-bond donors (Lipinski definition) is 0. The van der Waals surface area contributed by atoms with Crippen molar-refractivity contribution in [3.8, 4) is 11.3 Å². The van der Waals surface area contributed by atoms with Crippen LogP contribution in [0.5, 0.6) is 0 Å². The Kier molecular flexibility index (Phi) is 1.86. The fraction of sp³-hybridized carbons (Fsp3) is 0.154. The van der Waals surface area contributed by atoms with Crippen LogP contribution >= 0.6 is 0 Å². The molecule has 2 heterocycles. The molecule has 1 aromatic carbocycles. The minimum atomic E-state index is 0.964. The molecule has 0 aliphatic rings. The standard InChI is InChI=1S/C13H12N2O/c1-9-7-11(12-3-5-14-15(12)2)8-10-4-6-16-13(9)10/h3-8H,1-2H3. The summed E-state index contributed by atoms with van der Waals surface area (Å²) >= 11 is 0. The van der Waals surface area contributed by atoms with E-state index in [1.807, 2.05) is 30.1 Å². The lowest BCUT2D eigenvalue weighted by Gasteiger charge is -2.04. The van der Waals surface area contributed by atoms with Crippen molar-refractivity contribution in [1.29, 1.82) is 0 Å². The van der Waals surface area contributed by atoms with Crippen molar-refractivity contribution >= 4 is 11.0 Å². The Balaban J connectivity index is 2.29. The van der Waals surface area contributed by atoms with E-state index in [0.717, 1.165) is 22.2 Å². The molecule has 0 spiro atoms. The van der Waals surface area contributed by atoms with Crippen LogP contribution in [0.1, 0.15) is 5.56 Å². The molecular formula is C13H12N2O. The zero-order valence-corrected chi connectivity index (χ0v) is 9.27. The maximum Gasteiger partial charge on any atom is 0.136 e. The van der Waals surface area contributed by atoms with Gasteiger partial charge >= 0.3 is 0 Å². The van der Waals surface area contributed by atoms with E-state index in [4.69, 9.17) is 4.42 Å². The number of aryl methyl sites for hydroxylation is 2. The van der Waals surface area contributed by atoms with Crippen molar-refractivity contribution in [3.63, 3.8) is 0 Å². The van der Waals surface area contributed by atoms with E-state index in [1.54, 1.807) is 6.26 Å². The van der Waals surface area contributed by atoms with Crippen molar-refractivity contribution in [1.82, 2.24) is 9.78 Å². The fourth-order valence-electron chi connectivity index (χ4n) is 2.07. The maximum atomic E-state index is 5.43. The molecule has 80 valence electrons. The van der Waals surface area contributed by atoms with Crippen LogP contribution in [0.25, 0.3) is 22.2 Å². The molecule has 0 aliphatic heterocycles. The molecule has 3 rings (SSSR count). The van der Waals surface area contributed by atoms with Crippen LogP contribution < -0.4 is 0 Å². The number of furan rings is 1. The predicted molar refractivity (Wildman–Crippen MR) is 63.2 cm³/mol. The van der Waals surface area contributed by atoms with Gasteiger partial charge in [-0.3, -0.25) is 4.68 Å². The molecular weight excluding hydrogens is 200 g/mol. The molecule has 2 aromatic heterocycles. The third-order valence-corrected chi connectivity index (χ3v) is 2.85. The quantitative estimate of drug-likeness (QED) is 0.620. The summed E-state index contributed by atoms with van der Waals surface area (Å²) in [4.78, 5) is 0. The second-order valence-electron chi connectivity index (χ2n) is 3.97. The summed E-state index contributed by atoms with van der Waals surface area (Å²) in [6.45, 7) is 2.06. The van der Waals surface area contributed by atoms with Gasteiger partial charge in [-0.1, -0.05) is 0 Å². The van der Waals surface area contributed by atoms with Crippen LogP contribution in [0.15, 0.2) is 41.1 Å². The first-order valence-electron chi connectivity index (χ1n) is 5.22. The van der Waals surface area contributed by atoms with E-state index in [1.165, 1.54) is 5.56 Å². The number of fused-ring (bicyclic) bond motifs is 1. The third kappa shape index (κ3) is 1.25. The monoisotopic (exact) mass is 212 g/mol. The molecule has 0 fully saturated rings. The van der Waals surface area contributed by atoms with Gasteiger partial charge in [0.1, 0.15) is 5.58 Å². The van der Waals surface area contributed by atoms with Crippen molar-refractivity contribution in [2.75, 3.05) is 0 Å². The van der Waals surface area contributed by atoms with Crippen LogP contribution in [-0.4, -0.2) is 9.78 Å². The molecule has 16 heavy (non-hydrogen) atoms. The highest BCUT2D eigenvalue weighted by Gasteiger charge is 2.07. The minimum Gasteiger partial charge on any atom is -0.464 e. The lowest BCUT2D eigenvalue weighted by Crippen LogP contribution is -1.93. The lowest BCUT2D eigenvalue weighted by molar-refractivity contribution is 0.613. The van der Waals surface area contributed by atoms with Crippen molar-refractivity contribution < 1.29 is 4.42 Å². The first kappa shape index (κ1) is 9.21. The topological polar surface area (TPSA) is 31.0 Å². The highest BCUT2D eigenvalue weighted by atomic mass is 16.3. The summed E-state index contributed by atoms with van der Waals surface area (Å²) in [5, 5.41) is 5.32. The maximum absolute atomic E-state index is 5.43. The molecule has 0 unspecified atom stereocenters. The van der Waals surface area contributed by atoms with Crippen LogP contribution in [0.2, 0.25) is 0 Å². The molecule has 0 radical (unpaired) electrons. The van der Waals surface area contributed by atoms with E-state index in [9.17, 15) is 0 Å². The predicted octanol–water partition coefficient (Wildman–Crippen LogP) is 3.14. The number of rotatable bonds is 1. The highest BCUT2D eigenvalue weighted by molar-refractivity contribution is 5.85. The zero-order chi connectivity index (χ0) is 11.1. The van der Waals surface area contributed by atoms with Gasteiger partial charge in [-0.15, -0.1) is 0 Å². The van der Waals surface area contributed by atoms with Gasteiger partial charge in [0.15, 0.2) is 0 Å². The molecule has 0 amide bonds. The van der Waals surface area contributed by atoms with Crippen molar-refractivity contribution in [3.05, 3.63) is 42.3 Å². The molecule has 0 aliphatic carbocycles. The normalized spacial score (nSPS) is 11.1. The lowest BCUT2D eigenvalue weighted by atomic mass is 10.1. The van der Waals surface area contributed by atoms with Crippen LogP contribution in [-0.2, 0) is 7.05 Å². The van der Waals surface area contributed by atoms with Crippen LogP contribution in [0, 0.1) is 6.92 Å². The van der Waals surface area contributed by atoms with Gasteiger partial charge in [-0.2, -0.15) is 5.10 Å². The number of hydrogen-bond acceptors (Lipinski definition) is 2. The smallest absolute Gasteiger partial charge is 0.136 e. The molecule has 3 heteroatoms. The molecule has 0 bridgehead atoms. The second kappa shape index (κ2) is 3.23. The van der Waals surface area contributed by atoms with Gasteiger partial charge in [0.05, 0.1) is 12.0 Å². The second-order valence-corrected chi connectivity index (χ2v) is 3.97. The van der Waals surface area contributed by atoms with Gasteiger partial charge in [0.2, 0.25) is 0 Å². The average molecular weight is 212 g/mol. The number of aromatic nitrogens is 2. The van der Waals surface area contributed by atoms with Gasteiger partial charge in [0.25, 0.3) is 0 Å². The summed E-state index contributed by atoms with van der Waals surface area (Å²) in [6, 6.07) is 8.26. The van der Waals surface area contributed by atoms with Crippen molar-refractivity contribution in [2.45, 2.75) is 6.92 Å². The molecule has 0 N–H and O–H groups in total. The van der Waals surface area contributed by atoms with E-state index >= 15 is 0 Å². The summed E-state index contributed by atoms with van der Waals surface area (Å²) < 4.78 is 7.30. The van der Waals surface area contributed by atoms with Gasteiger partial charge in [-0.25, -0.2) is 0 Å². The molecule has 3 nitrogen and oxygen atoms in total. The van der Waals surface area contributed by atoms with Gasteiger partial charge in [0, 0.05) is 24.2 Å². The first-order chi connectivity index (χ1) is 7.75.